The minimum absolute atomic E-state index is 0.0240. The lowest BCUT2D eigenvalue weighted by Crippen LogP contribution is -2.53. The Labute approximate surface area is 307 Å². The van der Waals surface area contributed by atoms with Crippen molar-refractivity contribution >= 4 is 52.3 Å². The van der Waals surface area contributed by atoms with Gasteiger partial charge in [0.05, 0.1) is 39.5 Å². The number of halogens is 2. The molecule has 1 saturated carbocycles. The summed E-state index contributed by atoms with van der Waals surface area (Å²) in [7, 11) is 0. The van der Waals surface area contributed by atoms with E-state index in [9.17, 15) is 34.0 Å². The van der Waals surface area contributed by atoms with Crippen LogP contribution >= 0.6 is 11.6 Å². The molecule has 6 unspecified atom stereocenters. The lowest BCUT2D eigenvalue weighted by atomic mass is 9.49. The van der Waals surface area contributed by atoms with Crippen LogP contribution in [0, 0.1) is 53.5 Å². The van der Waals surface area contributed by atoms with Crippen LogP contribution in [0.25, 0.3) is 0 Å². The number of hydrogen-bond donors (Lipinski definition) is 2. The van der Waals surface area contributed by atoms with Crippen molar-refractivity contribution in [2.45, 2.75) is 38.0 Å². The molecule has 2 N–H and O–H groups in total. The molecule has 2 aliphatic heterocycles. The summed E-state index contributed by atoms with van der Waals surface area (Å²) >= 11 is 6.35. The average Bonchev–Trinajstić information content (AvgIpc) is 3.52. The van der Waals surface area contributed by atoms with Crippen LogP contribution in [0.15, 0.2) is 96.6 Å². The SMILES string of the molecule is Cc1cc(C2C3=CCC4C(=O)N(c5cccc([N+](=O)[O-])c5)C(=O)C4C3CC3C(=O)N(Nc4ccc(F)cc4)C(=O)C32c2ccc(Cl)cc2)cc(C)c1O. The van der Waals surface area contributed by atoms with Gasteiger partial charge in [-0.15, -0.1) is 0 Å². The summed E-state index contributed by atoms with van der Waals surface area (Å²) in [5, 5.41) is 23.8. The van der Waals surface area contributed by atoms with Crippen molar-refractivity contribution < 1.29 is 33.6 Å². The first kappa shape index (κ1) is 34.2. The largest absolute Gasteiger partial charge is 0.507 e. The van der Waals surface area contributed by atoms with E-state index in [1.54, 1.807) is 50.2 Å². The molecule has 4 aromatic rings. The fraction of sp³-hybridized carbons (Fsp3) is 0.250. The number of anilines is 2. The highest BCUT2D eigenvalue weighted by molar-refractivity contribution is 6.30. The van der Waals surface area contributed by atoms with Crippen LogP contribution < -0.4 is 10.3 Å². The zero-order chi connectivity index (χ0) is 37.5. The maximum absolute atomic E-state index is 15.3. The summed E-state index contributed by atoms with van der Waals surface area (Å²) in [5.74, 6) is -6.90. The van der Waals surface area contributed by atoms with Gasteiger partial charge in [0.2, 0.25) is 11.8 Å². The fourth-order valence-corrected chi connectivity index (χ4v) is 9.31. The Morgan fingerprint density at radius 2 is 1.58 bits per heavy atom. The van der Waals surface area contributed by atoms with Crippen LogP contribution in [-0.2, 0) is 24.6 Å². The molecule has 2 aliphatic carbocycles. The van der Waals surface area contributed by atoms with E-state index in [0.717, 1.165) is 9.91 Å². The molecule has 8 rings (SSSR count). The van der Waals surface area contributed by atoms with Crippen molar-refractivity contribution in [1.82, 2.24) is 5.01 Å². The molecule has 13 heteroatoms. The van der Waals surface area contributed by atoms with Crippen molar-refractivity contribution in [3.63, 3.8) is 0 Å². The number of carbonyl (C=O) groups is 4. The third kappa shape index (κ3) is 5.07. The molecule has 268 valence electrons. The number of hydrazine groups is 1. The predicted molar refractivity (Wildman–Crippen MR) is 192 cm³/mol. The number of imide groups is 2. The van der Waals surface area contributed by atoms with Crippen LogP contribution in [0.4, 0.5) is 21.5 Å². The first-order chi connectivity index (χ1) is 25.3. The quantitative estimate of drug-likeness (QED) is 0.0941. The number of carbonyl (C=O) groups excluding carboxylic acids is 4. The number of nitro benzene ring substituents is 1. The van der Waals surface area contributed by atoms with E-state index in [2.05, 4.69) is 5.43 Å². The first-order valence-corrected chi connectivity index (χ1v) is 17.5. The monoisotopic (exact) mass is 734 g/mol. The van der Waals surface area contributed by atoms with E-state index >= 15 is 4.79 Å². The van der Waals surface area contributed by atoms with Gasteiger partial charge >= 0.3 is 0 Å². The van der Waals surface area contributed by atoms with Gasteiger partial charge in [0, 0.05) is 23.1 Å². The number of non-ortho nitro benzene ring substituents is 1. The maximum atomic E-state index is 15.3. The van der Waals surface area contributed by atoms with Gasteiger partial charge in [0.1, 0.15) is 11.6 Å². The predicted octanol–water partition coefficient (Wildman–Crippen LogP) is 6.90. The Morgan fingerprint density at radius 3 is 2.25 bits per heavy atom. The highest BCUT2D eigenvalue weighted by Gasteiger charge is 2.70. The second-order valence-corrected chi connectivity index (χ2v) is 14.6. The fourth-order valence-electron chi connectivity index (χ4n) is 9.19. The van der Waals surface area contributed by atoms with E-state index in [0.29, 0.717) is 38.5 Å². The summed E-state index contributed by atoms with van der Waals surface area (Å²) in [5.41, 5.74) is 4.37. The van der Waals surface area contributed by atoms with Crippen LogP contribution in [0.3, 0.4) is 0 Å². The van der Waals surface area contributed by atoms with Gasteiger partial charge in [0.15, 0.2) is 0 Å². The second kappa shape index (κ2) is 12.4. The number of aromatic hydroxyl groups is 1. The topological polar surface area (TPSA) is 150 Å². The van der Waals surface area contributed by atoms with E-state index in [1.807, 2.05) is 6.08 Å². The standard InChI is InChI=1S/C40H32ClFN4O7/c1-20-16-22(17-21(2)35(20)47)34-29-14-15-30-33(38(50)44(36(30)48)27-4-3-5-28(18-27)46(52)53)31(29)19-32-37(49)45(43-26-12-10-25(42)11-13-26)39(51)40(32,34)23-6-8-24(41)9-7-23/h3-14,16-18,30-34,43,47H,15,19H2,1-2H3. The number of nitrogens with one attached hydrogen (secondary N) is 1. The molecule has 4 aromatic carbocycles. The Morgan fingerprint density at radius 1 is 0.906 bits per heavy atom. The average molecular weight is 735 g/mol. The molecule has 2 saturated heterocycles. The number of fused-ring (bicyclic) bond motifs is 4. The molecule has 11 nitrogen and oxygen atoms in total. The molecule has 6 atom stereocenters. The molecule has 4 aliphatic rings. The number of rotatable bonds is 6. The molecule has 2 heterocycles. The molecule has 4 amide bonds. The second-order valence-electron chi connectivity index (χ2n) is 14.2. The zero-order valence-corrected chi connectivity index (χ0v) is 29.2. The highest BCUT2D eigenvalue weighted by atomic mass is 35.5. The lowest BCUT2D eigenvalue weighted by Gasteiger charge is -2.50. The molecule has 0 spiro atoms. The third-order valence-electron chi connectivity index (χ3n) is 11.4. The number of aryl methyl sites for hydroxylation is 2. The van der Waals surface area contributed by atoms with Crippen molar-refractivity contribution in [3.8, 4) is 5.75 Å². The van der Waals surface area contributed by atoms with Gasteiger partial charge in [0.25, 0.3) is 17.5 Å². The summed E-state index contributed by atoms with van der Waals surface area (Å²) < 4.78 is 13.9. The molecule has 53 heavy (non-hydrogen) atoms. The van der Waals surface area contributed by atoms with E-state index in [1.165, 1.54) is 48.5 Å². The van der Waals surface area contributed by atoms with E-state index in [-0.39, 0.29) is 30.0 Å². The van der Waals surface area contributed by atoms with Crippen LogP contribution in [0.5, 0.6) is 5.75 Å². The summed E-state index contributed by atoms with van der Waals surface area (Å²) in [6.07, 6.45) is 2.08. The number of benzene rings is 4. The Bertz CT molecular complexity index is 2270. The van der Waals surface area contributed by atoms with Gasteiger partial charge in [-0.2, -0.15) is 5.01 Å². The Hall–Kier alpha value is -5.88. The molecular formula is C40H32ClFN4O7. The van der Waals surface area contributed by atoms with Gasteiger partial charge in [-0.1, -0.05) is 53.6 Å². The number of nitro groups is 1. The maximum Gasteiger partial charge on any atom is 0.271 e. The Kier molecular flexibility index (Phi) is 7.99. The van der Waals surface area contributed by atoms with Gasteiger partial charge < -0.3 is 5.11 Å². The van der Waals surface area contributed by atoms with Gasteiger partial charge in [-0.3, -0.25) is 34.7 Å². The summed E-state index contributed by atoms with van der Waals surface area (Å²) in [6, 6.07) is 20.9. The van der Waals surface area contributed by atoms with Crippen molar-refractivity contribution in [2.75, 3.05) is 10.3 Å². The van der Waals surface area contributed by atoms with Crippen molar-refractivity contribution in [2.24, 2.45) is 23.7 Å². The zero-order valence-electron chi connectivity index (χ0n) is 28.5. The number of nitrogens with zero attached hydrogens (tertiary/aromatic N) is 3. The van der Waals surface area contributed by atoms with Gasteiger partial charge in [-0.05, 0) is 97.3 Å². The smallest absolute Gasteiger partial charge is 0.271 e. The van der Waals surface area contributed by atoms with E-state index < -0.39 is 69.4 Å². The minimum atomic E-state index is -1.58. The molecular weight excluding hydrogens is 703 g/mol. The molecule has 0 radical (unpaired) electrons. The summed E-state index contributed by atoms with van der Waals surface area (Å²) in [6.45, 7) is 3.48. The van der Waals surface area contributed by atoms with Crippen LogP contribution in [-0.4, -0.2) is 38.7 Å². The third-order valence-corrected chi connectivity index (χ3v) is 11.7. The first-order valence-electron chi connectivity index (χ1n) is 17.1. The Balaban J connectivity index is 1.33. The minimum Gasteiger partial charge on any atom is -0.507 e. The molecule has 0 bridgehead atoms. The van der Waals surface area contributed by atoms with E-state index in [4.69, 9.17) is 11.6 Å². The number of phenols is 1. The van der Waals surface area contributed by atoms with Crippen LogP contribution in [0.1, 0.15) is 41.0 Å². The number of phenolic OH excluding ortho intramolecular Hbond substituents is 1. The van der Waals surface area contributed by atoms with Crippen LogP contribution in [0.2, 0.25) is 5.02 Å². The number of hydrogen-bond acceptors (Lipinski definition) is 8. The highest BCUT2D eigenvalue weighted by Crippen LogP contribution is 2.64. The molecule has 3 fully saturated rings. The van der Waals surface area contributed by atoms with Gasteiger partial charge in [-0.25, -0.2) is 9.29 Å². The molecule has 0 aromatic heterocycles. The number of amides is 4. The van der Waals surface area contributed by atoms with Crippen molar-refractivity contribution in [3.05, 3.63) is 140 Å². The van der Waals surface area contributed by atoms with Crippen molar-refractivity contribution in [1.29, 1.82) is 0 Å². The normalized spacial score (nSPS) is 26.3. The summed E-state index contributed by atoms with van der Waals surface area (Å²) in [4.78, 5) is 70.6. The number of allylic oxidation sites excluding steroid dienone is 2. The lowest BCUT2D eigenvalue weighted by molar-refractivity contribution is -0.384.